The number of hydrogen-bond donors (Lipinski definition) is 0. The zero-order valence-electron chi connectivity index (χ0n) is 31.4. The lowest BCUT2D eigenvalue weighted by molar-refractivity contribution is -0.150. The first-order valence-electron chi connectivity index (χ1n) is 16.7. The molecule has 0 unspecified atom stereocenters. The monoisotopic (exact) mass is 621 g/mol. The SMILES string of the molecule is CC(C)(C)C(=O)N1CCC1.CC1(C)CN(C(=O)C(C)(C)C)C1.CC1CN(C(=O)C(C)(C)C)C1.CC1CN(C(=O)C(C)(C)C)C1. The molecule has 0 aromatic carbocycles. The van der Waals surface area contributed by atoms with E-state index >= 15 is 0 Å². The zero-order chi connectivity index (χ0) is 34.6. The maximum Gasteiger partial charge on any atom is 0.227 e. The smallest absolute Gasteiger partial charge is 0.227 e. The fourth-order valence-electron chi connectivity index (χ4n) is 5.28. The van der Waals surface area contributed by atoms with Crippen molar-refractivity contribution in [1.29, 1.82) is 0 Å². The van der Waals surface area contributed by atoms with Crippen LogP contribution in [0, 0.1) is 38.9 Å². The van der Waals surface area contributed by atoms with Crippen molar-refractivity contribution < 1.29 is 19.2 Å². The molecule has 0 atom stereocenters. The molecule has 4 aliphatic heterocycles. The molecule has 256 valence electrons. The topological polar surface area (TPSA) is 81.2 Å². The molecule has 0 spiro atoms. The summed E-state index contributed by atoms with van der Waals surface area (Å²) in [5.41, 5.74) is -0.432. The Bertz CT molecular complexity index is 943. The van der Waals surface area contributed by atoms with Crippen molar-refractivity contribution in [3.63, 3.8) is 0 Å². The maximum atomic E-state index is 11.7. The molecule has 4 amide bonds. The third-order valence-corrected chi connectivity index (χ3v) is 7.94. The van der Waals surface area contributed by atoms with E-state index < -0.39 is 0 Å². The quantitative estimate of drug-likeness (QED) is 0.324. The summed E-state index contributed by atoms with van der Waals surface area (Å²) in [6.45, 7) is 40.0. The molecule has 0 radical (unpaired) electrons. The molecule has 8 nitrogen and oxygen atoms in total. The molecule has 0 N–H and O–H groups in total. The van der Waals surface area contributed by atoms with Gasteiger partial charge in [0, 0.05) is 74.0 Å². The molecule has 0 aliphatic carbocycles. The fraction of sp³-hybridized carbons (Fsp3) is 0.889. The highest BCUT2D eigenvalue weighted by atomic mass is 16.2. The standard InChI is InChI=1S/C10H19NO.2C9H17NO.C8H15NO/c1-9(2,3)8(12)11-6-10(4,5)7-11;2*1-7-5-10(6-7)8(11)9(2,3)4;1-8(2,3)7(10)9-5-4-6-9/h6-7H2,1-5H3;2*7H,5-6H2,1-4H3;4-6H2,1-3H3. The van der Waals surface area contributed by atoms with Gasteiger partial charge < -0.3 is 19.6 Å². The Hall–Kier alpha value is -2.12. The number of likely N-dealkylation sites (tertiary alicyclic amines) is 4. The summed E-state index contributed by atoms with van der Waals surface area (Å²) in [7, 11) is 0. The summed E-state index contributed by atoms with van der Waals surface area (Å²) in [5, 5.41) is 0. The van der Waals surface area contributed by atoms with Gasteiger partial charge in [-0.2, -0.15) is 0 Å². The largest absolute Gasteiger partial charge is 0.342 e. The van der Waals surface area contributed by atoms with Gasteiger partial charge in [-0.05, 0) is 23.7 Å². The van der Waals surface area contributed by atoms with Crippen molar-refractivity contribution in [2.24, 2.45) is 38.9 Å². The first-order chi connectivity index (χ1) is 19.6. The molecule has 4 saturated heterocycles. The highest BCUT2D eigenvalue weighted by molar-refractivity contribution is 5.83. The van der Waals surface area contributed by atoms with Crippen LogP contribution in [0.4, 0.5) is 0 Å². The van der Waals surface area contributed by atoms with E-state index in [4.69, 9.17) is 0 Å². The maximum absolute atomic E-state index is 11.7. The summed E-state index contributed by atoms with van der Waals surface area (Å²) in [4.78, 5) is 53.8. The summed E-state index contributed by atoms with van der Waals surface area (Å²) in [6.07, 6.45) is 1.18. The van der Waals surface area contributed by atoms with Gasteiger partial charge in [-0.3, -0.25) is 19.2 Å². The van der Waals surface area contributed by atoms with Crippen LogP contribution in [0.2, 0.25) is 0 Å². The minimum absolute atomic E-state index is 0.180. The van der Waals surface area contributed by atoms with Crippen LogP contribution in [-0.4, -0.2) is 95.6 Å². The van der Waals surface area contributed by atoms with Crippen LogP contribution in [-0.2, 0) is 19.2 Å². The van der Waals surface area contributed by atoms with Crippen molar-refractivity contribution in [3.8, 4) is 0 Å². The lowest BCUT2D eigenvalue weighted by Gasteiger charge is -2.48. The summed E-state index contributed by atoms with van der Waals surface area (Å²) in [6, 6.07) is 0. The Morgan fingerprint density at radius 3 is 0.886 bits per heavy atom. The van der Waals surface area contributed by atoms with Crippen molar-refractivity contribution in [2.75, 3.05) is 52.4 Å². The second-order valence-electron chi connectivity index (χ2n) is 18.6. The molecular weight excluding hydrogens is 552 g/mol. The minimum atomic E-state index is -0.212. The minimum Gasteiger partial charge on any atom is -0.342 e. The molecular formula is C36H68N4O4. The van der Waals surface area contributed by atoms with Gasteiger partial charge in [0.2, 0.25) is 23.6 Å². The van der Waals surface area contributed by atoms with Crippen molar-refractivity contribution in [2.45, 2.75) is 117 Å². The van der Waals surface area contributed by atoms with Crippen molar-refractivity contribution >= 4 is 23.6 Å². The van der Waals surface area contributed by atoms with Gasteiger partial charge in [-0.15, -0.1) is 0 Å². The predicted molar refractivity (Wildman–Crippen MR) is 181 cm³/mol. The molecule has 0 aromatic rings. The number of amides is 4. The highest BCUT2D eigenvalue weighted by Gasteiger charge is 2.40. The van der Waals surface area contributed by atoms with E-state index in [2.05, 4.69) is 27.7 Å². The van der Waals surface area contributed by atoms with E-state index in [1.54, 1.807) is 0 Å². The molecule has 4 rings (SSSR count). The Morgan fingerprint density at radius 2 is 0.727 bits per heavy atom. The molecule has 0 saturated carbocycles. The van der Waals surface area contributed by atoms with E-state index in [0.717, 1.165) is 52.4 Å². The van der Waals surface area contributed by atoms with Crippen LogP contribution in [0.25, 0.3) is 0 Å². The molecule has 0 aromatic heterocycles. The predicted octanol–water partition coefficient (Wildman–Crippen LogP) is 6.19. The Morgan fingerprint density at radius 1 is 0.477 bits per heavy atom. The van der Waals surface area contributed by atoms with Gasteiger partial charge >= 0.3 is 0 Å². The number of carbonyl (C=O) groups is 4. The van der Waals surface area contributed by atoms with Gasteiger partial charge in [0.05, 0.1) is 0 Å². The Labute approximate surface area is 270 Å². The van der Waals surface area contributed by atoms with Gasteiger partial charge in [-0.25, -0.2) is 0 Å². The van der Waals surface area contributed by atoms with Crippen LogP contribution in [0.1, 0.15) is 117 Å². The van der Waals surface area contributed by atoms with Crippen LogP contribution in [0.3, 0.4) is 0 Å². The zero-order valence-corrected chi connectivity index (χ0v) is 31.4. The normalized spacial score (nSPS) is 20.1. The molecule has 4 aliphatic rings. The Balaban J connectivity index is 0.000000294. The van der Waals surface area contributed by atoms with Gasteiger partial charge in [0.15, 0.2) is 0 Å². The lowest BCUT2D eigenvalue weighted by Crippen LogP contribution is -2.58. The van der Waals surface area contributed by atoms with Crippen LogP contribution in [0.15, 0.2) is 0 Å². The third kappa shape index (κ3) is 12.3. The average molecular weight is 621 g/mol. The first-order valence-corrected chi connectivity index (χ1v) is 16.7. The van der Waals surface area contributed by atoms with Crippen molar-refractivity contribution in [1.82, 2.24) is 19.6 Å². The molecule has 44 heavy (non-hydrogen) atoms. The summed E-state index contributed by atoms with van der Waals surface area (Å²) >= 11 is 0. The Kier molecular flexibility index (Phi) is 13.2. The van der Waals surface area contributed by atoms with E-state index in [1.807, 2.05) is 103 Å². The molecule has 0 bridgehead atoms. The second-order valence-corrected chi connectivity index (χ2v) is 18.6. The van der Waals surface area contributed by atoms with Crippen LogP contribution < -0.4 is 0 Å². The molecule has 4 fully saturated rings. The average Bonchev–Trinajstić information content (AvgIpc) is 2.74. The van der Waals surface area contributed by atoms with Gasteiger partial charge in [-0.1, -0.05) is 111 Å². The van der Waals surface area contributed by atoms with Crippen LogP contribution in [0.5, 0.6) is 0 Å². The summed E-state index contributed by atoms with van der Waals surface area (Å²) in [5.74, 6) is 2.56. The van der Waals surface area contributed by atoms with Gasteiger partial charge in [0.25, 0.3) is 0 Å². The number of nitrogens with zero attached hydrogens (tertiary/aromatic N) is 4. The molecule has 4 heterocycles. The first kappa shape index (κ1) is 39.9. The lowest BCUT2D eigenvalue weighted by atomic mass is 9.82. The van der Waals surface area contributed by atoms with E-state index in [1.165, 1.54) is 6.42 Å². The van der Waals surface area contributed by atoms with E-state index in [-0.39, 0.29) is 39.4 Å². The number of carbonyl (C=O) groups excluding carboxylic acids is 4. The molecule has 8 heteroatoms. The fourth-order valence-corrected chi connectivity index (χ4v) is 5.28. The number of hydrogen-bond acceptors (Lipinski definition) is 4. The third-order valence-electron chi connectivity index (χ3n) is 7.94. The number of rotatable bonds is 0. The van der Waals surface area contributed by atoms with Crippen molar-refractivity contribution in [3.05, 3.63) is 0 Å². The van der Waals surface area contributed by atoms with E-state index in [9.17, 15) is 19.2 Å². The van der Waals surface area contributed by atoms with Crippen LogP contribution >= 0.6 is 0 Å². The van der Waals surface area contributed by atoms with E-state index in [0.29, 0.717) is 23.2 Å². The van der Waals surface area contributed by atoms with Gasteiger partial charge in [0.1, 0.15) is 0 Å². The summed E-state index contributed by atoms with van der Waals surface area (Å²) < 4.78 is 0. The highest BCUT2D eigenvalue weighted by Crippen LogP contribution is 2.32. The second kappa shape index (κ2) is 14.5.